The van der Waals surface area contributed by atoms with E-state index in [0.717, 1.165) is 0 Å². The standard InChI is InChI=1S/C13H14F3NO3/c1-13(20)2-4-17(5-3-13)12(19)7-6-8(14)10(16)11(18)9(7)15/h6,18,20H,2-5H2,1H3. The van der Waals surface area contributed by atoms with Crippen LogP contribution in [0.15, 0.2) is 6.07 Å². The van der Waals surface area contributed by atoms with E-state index in [1.165, 1.54) is 4.90 Å². The minimum atomic E-state index is -1.72. The van der Waals surface area contributed by atoms with E-state index < -0.39 is 40.3 Å². The van der Waals surface area contributed by atoms with Gasteiger partial charge in [0.1, 0.15) is 0 Å². The lowest BCUT2D eigenvalue weighted by Crippen LogP contribution is -2.45. The molecule has 0 aliphatic carbocycles. The van der Waals surface area contributed by atoms with Gasteiger partial charge in [0, 0.05) is 13.1 Å². The Kier molecular flexibility index (Phi) is 3.64. The molecule has 4 nitrogen and oxygen atoms in total. The highest BCUT2D eigenvalue weighted by molar-refractivity contribution is 5.95. The second-order valence-corrected chi connectivity index (χ2v) is 5.17. The maximum Gasteiger partial charge on any atom is 0.257 e. The summed E-state index contributed by atoms with van der Waals surface area (Å²) in [6.45, 7) is 1.97. The molecule has 1 fully saturated rings. The van der Waals surface area contributed by atoms with Crippen LogP contribution in [0.2, 0.25) is 0 Å². The number of carbonyl (C=O) groups is 1. The number of hydrogen-bond acceptors (Lipinski definition) is 3. The Bertz CT molecular complexity index is 550. The van der Waals surface area contributed by atoms with Gasteiger partial charge in [-0.1, -0.05) is 0 Å². The van der Waals surface area contributed by atoms with E-state index in [1.54, 1.807) is 6.92 Å². The van der Waals surface area contributed by atoms with Gasteiger partial charge in [0.25, 0.3) is 5.91 Å². The number of carbonyl (C=O) groups excluding carboxylic acids is 1. The Labute approximate surface area is 113 Å². The maximum atomic E-state index is 13.6. The number of benzene rings is 1. The average Bonchev–Trinajstić information content (AvgIpc) is 2.40. The van der Waals surface area contributed by atoms with Crippen molar-refractivity contribution in [1.82, 2.24) is 4.90 Å². The van der Waals surface area contributed by atoms with Gasteiger partial charge in [-0.25, -0.2) is 8.78 Å². The van der Waals surface area contributed by atoms with Crippen molar-refractivity contribution in [3.8, 4) is 5.75 Å². The first-order valence-electron chi connectivity index (χ1n) is 6.11. The molecule has 0 bridgehead atoms. The van der Waals surface area contributed by atoms with Crippen LogP contribution < -0.4 is 0 Å². The topological polar surface area (TPSA) is 60.8 Å². The van der Waals surface area contributed by atoms with E-state index in [-0.39, 0.29) is 13.1 Å². The van der Waals surface area contributed by atoms with Gasteiger partial charge in [0.05, 0.1) is 11.2 Å². The average molecular weight is 289 g/mol. The third kappa shape index (κ3) is 2.58. The molecular weight excluding hydrogens is 275 g/mol. The van der Waals surface area contributed by atoms with Gasteiger partial charge >= 0.3 is 0 Å². The molecule has 1 saturated heterocycles. The Morgan fingerprint density at radius 2 is 1.80 bits per heavy atom. The third-order valence-corrected chi connectivity index (χ3v) is 3.49. The number of likely N-dealkylation sites (tertiary alicyclic amines) is 1. The smallest absolute Gasteiger partial charge is 0.257 e. The summed E-state index contributed by atoms with van der Waals surface area (Å²) in [6.07, 6.45) is 0.603. The van der Waals surface area contributed by atoms with Gasteiger partial charge in [0.15, 0.2) is 17.4 Å². The molecule has 7 heteroatoms. The fourth-order valence-corrected chi connectivity index (χ4v) is 2.11. The normalized spacial score (nSPS) is 18.1. The summed E-state index contributed by atoms with van der Waals surface area (Å²) in [5.74, 6) is -7.03. The zero-order valence-corrected chi connectivity index (χ0v) is 10.8. The van der Waals surface area contributed by atoms with Gasteiger partial charge in [0.2, 0.25) is 5.82 Å². The van der Waals surface area contributed by atoms with Crippen LogP contribution in [0.4, 0.5) is 13.2 Å². The van der Waals surface area contributed by atoms with E-state index in [9.17, 15) is 23.1 Å². The Hall–Kier alpha value is -1.76. The van der Waals surface area contributed by atoms with Crippen molar-refractivity contribution in [2.75, 3.05) is 13.1 Å². The van der Waals surface area contributed by atoms with Crippen molar-refractivity contribution in [3.63, 3.8) is 0 Å². The van der Waals surface area contributed by atoms with Gasteiger partial charge < -0.3 is 15.1 Å². The van der Waals surface area contributed by atoms with Crippen LogP contribution in [0.25, 0.3) is 0 Å². The molecule has 2 rings (SSSR count). The van der Waals surface area contributed by atoms with Gasteiger partial charge in [-0.15, -0.1) is 0 Å². The van der Waals surface area contributed by atoms with Gasteiger partial charge in [-0.05, 0) is 25.8 Å². The summed E-state index contributed by atoms with van der Waals surface area (Å²) >= 11 is 0. The molecule has 1 aromatic rings. The molecule has 0 radical (unpaired) electrons. The van der Waals surface area contributed by atoms with Crippen LogP contribution in [-0.4, -0.2) is 39.7 Å². The van der Waals surface area contributed by atoms with E-state index in [0.29, 0.717) is 18.9 Å². The molecule has 0 unspecified atom stereocenters. The number of amides is 1. The molecule has 1 aromatic carbocycles. The lowest BCUT2D eigenvalue weighted by molar-refractivity contribution is -0.00218. The largest absolute Gasteiger partial charge is 0.503 e. The highest BCUT2D eigenvalue weighted by atomic mass is 19.2. The molecule has 1 amide bonds. The molecule has 1 aliphatic heterocycles. The summed E-state index contributed by atoms with van der Waals surface area (Å²) in [5, 5.41) is 18.9. The fraction of sp³-hybridized carbons (Fsp3) is 0.462. The number of phenolic OH excluding ortho intramolecular Hbond substituents is 1. The van der Waals surface area contributed by atoms with E-state index in [2.05, 4.69) is 0 Å². The van der Waals surface area contributed by atoms with E-state index in [1.807, 2.05) is 0 Å². The quantitative estimate of drug-likeness (QED) is 0.775. The second kappa shape index (κ2) is 4.97. The van der Waals surface area contributed by atoms with Crippen molar-refractivity contribution in [2.45, 2.75) is 25.4 Å². The number of nitrogens with zero attached hydrogens (tertiary/aromatic N) is 1. The van der Waals surface area contributed by atoms with Crippen LogP contribution in [0.5, 0.6) is 5.75 Å². The number of phenols is 1. The number of aliphatic hydroxyl groups is 1. The number of piperidine rings is 1. The monoisotopic (exact) mass is 289 g/mol. The van der Waals surface area contributed by atoms with E-state index >= 15 is 0 Å². The predicted molar refractivity (Wildman–Crippen MR) is 63.7 cm³/mol. The van der Waals surface area contributed by atoms with E-state index in [4.69, 9.17) is 5.11 Å². The molecular formula is C13H14F3NO3. The van der Waals surface area contributed by atoms with Crippen molar-refractivity contribution in [1.29, 1.82) is 0 Å². The SMILES string of the molecule is CC1(O)CCN(C(=O)c2cc(F)c(F)c(O)c2F)CC1. The second-order valence-electron chi connectivity index (χ2n) is 5.17. The minimum absolute atomic E-state index is 0.172. The number of aromatic hydroxyl groups is 1. The highest BCUT2D eigenvalue weighted by Crippen LogP contribution is 2.28. The Morgan fingerprint density at radius 1 is 1.25 bits per heavy atom. The first-order valence-corrected chi connectivity index (χ1v) is 6.11. The summed E-state index contributed by atoms with van der Waals surface area (Å²) in [7, 11) is 0. The minimum Gasteiger partial charge on any atom is -0.503 e. The Morgan fingerprint density at radius 3 is 2.35 bits per heavy atom. The zero-order chi connectivity index (χ0) is 15.1. The van der Waals surface area contributed by atoms with Crippen LogP contribution in [0.3, 0.4) is 0 Å². The lowest BCUT2D eigenvalue weighted by atomic mass is 9.93. The highest BCUT2D eigenvalue weighted by Gasteiger charge is 2.32. The van der Waals surface area contributed by atoms with Crippen LogP contribution in [0, 0.1) is 17.5 Å². The first-order chi connectivity index (χ1) is 9.23. The van der Waals surface area contributed by atoms with Crippen LogP contribution >= 0.6 is 0 Å². The molecule has 1 aliphatic rings. The molecule has 0 saturated carbocycles. The van der Waals surface area contributed by atoms with Crippen molar-refractivity contribution < 1.29 is 28.2 Å². The maximum absolute atomic E-state index is 13.6. The lowest BCUT2D eigenvalue weighted by Gasteiger charge is -2.35. The third-order valence-electron chi connectivity index (χ3n) is 3.49. The molecule has 20 heavy (non-hydrogen) atoms. The number of halogens is 3. The van der Waals surface area contributed by atoms with Crippen molar-refractivity contribution in [3.05, 3.63) is 29.1 Å². The molecule has 0 aromatic heterocycles. The van der Waals surface area contributed by atoms with Crippen LogP contribution in [0.1, 0.15) is 30.1 Å². The summed E-state index contributed by atoms with van der Waals surface area (Å²) < 4.78 is 39.8. The molecule has 1 heterocycles. The van der Waals surface area contributed by atoms with Crippen molar-refractivity contribution in [2.24, 2.45) is 0 Å². The number of rotatable bonds is 1. The van der Waals surface area contributed by atoms with Crippen molar-refractivity contribution >= 4 is 5.91 Å². The first kappa shape index (κ1) is 14.6. The number of hydrogen-bond donors (Lipinski definition) is 2. The van der Waals surface area contributed by atoms with Gasteiger partial charge in [-0.2, -0.15) is 4.39 Å². The molecule has 0 spiro atoms. The molecule has 0 atom stereocenters. The molecule has 110 valence electrons. The summed E-state index contributed by atoms with van der Waals surface area (Å²) in [5.41, 5.74) is -1.62. The Balaban J connectivity index is 2.27. The van der Waals surface area contributed by atoms with Crippen LogP contribution in [-0.2, 0) is 0 Å². The summed E-state index contributed by atoms with van der Waals surface area (Å²) in [6, 6.07) is 0.430. The van der Waals surface area contributed by atoms with Gasteiger partial charge in [-0.3, -0.25) is 4.79 Å². The fourth-order valence-electron chi connectivity index (χ4n) is 2.11. The molecule has 2 N–H and O–H groups in total. The predicted octanol–water partition coefficient (Wildman–Crippen LogP) is 1.80. The zero-order valence-electron chi connectivity index (χ0n) is 10.8. The summed E-state index contributed by atoms with van der Waals surface area (Å²) in [4.78, 5) is 13.3.